The molecule has 0 N–H and O–H groups in total. The van der Waals surface area contributed by atoms with Gasteiger partial charge in [0, 0.05) is 25.4 Å². The normalized spacial score (nSPS) is 21.3. The third-order valence-electron chi connectivity index (χ3n) is 5.73. The lowest BCUT2D eigenvalue weighted by Crippen LogP contribution is -2.43. The Labute approximate surface area is 160 Å². The molecule has 2 aromatic rings. The van der Waals surface area contributed by atoms with Crippen LogP contribution in [-0.4, -0.2) is 44.8 Å². The Hall–Kier alpha value is -2.37. The first-order valence-corrected chi connectivity index (χ1v) is 9.90. The molecular weight excluding hydrogens is 340 g/mol. The van der Waals surface area contributed by atoms with E-state index in [0.29, 0.717) is 12.3 Å². The Kier molecular flexibility index (Phi) is 4.89. The van der Waals surface area contributed by atoms with Gasteiger partial charge in [0.05, 0.1) is 19.6 Å². The molecular formula is C21H28N4O2. The van der Waals surface area contributed by atoms with Crippen LogP contribution in [0.2, 0.25) is 0 Å². The van der Waals surface area contributed by atoms with Crippen molar-refractivity contribution in [1.29, 1.82) is 0 Å². The first-order valence-electron chi connectivity index (χ1n) is 9.90. The highest BCUT2D eigenvalue weighted by molar-refractivity contribution is 5.80. The maximum absolute atomic E-state index is 13.1. The molecule has 1 aromatic carbocycles. The Bertz CT molecular complexity index is 812. The number of methoxy groups -OCH3 is 1. The average molecular weight is 368 g/mol. The maximum atomic E-state index is 13.1. The van der Waals surface area contributed by atoms with E-state index in [9.17, 15) is 4.79 Å². The van der Waals surface area contributed by atoms with Crippen molar-refractivity contribution in [3.8, 4) is 5.75 Å². The number of aromatic nitrogens is 3. The van der Waals surface area contributed by atoms with Gasteiger partial charge in [0.2, 0.25) is 5.91 Å². The Morgan fingerprint density at radius 3 is 2.63 bits per heavy atom. The lowest BCUT2D eigenvalue weighted by atomic mass is 10.1. The van der Waals surface area contributed by atoms with Crippen molar-refractivity contribution in [1.82, 2.24) is 19.7 Å². The molecule has 0 aliphatic carbocycles. The molecule has 2 aliphatic heterocycles. The van der Waals surface area contributed by atoms with Gasteiger partial charge in [-0.25, -0.2) is 0 Å². The number of carbonyl (C=O) groups is 1. The second kappa shape index (κ2) is 7.33. The summed E-state index contributed by atoms with van der Waals surface area (Å²) in [6, 6.07) is 8.29. The third kappa shape index (κ3) is 3.57. The standard InChI is InChI=1S/C21H28N4O2/c1-14(2)10-19-22-23-20-12-16-6-7-17(13-24(19)20)25(16)21(26)11-15-4-8-18(27-3)9-5-15/h4-5,8-9,14,16-17H,6-7,10-13H2,1-3H3/t16-,17+/m0/s1. The van der Waals surface area contributed by atoms with Gasteiger partial charge in [-0.3, -0.25) is 4.79 Å². The minimum Gasteiger partial charge on any atom is -0.497 e. The molecule has 0 spiro atoms. The fourth-order valence-corrected chi connectivity index (χ4v) is 4.43. The molecule has 4 rings (SSSR count). The van der Waals surface area contributed by atoms with Crippen LogP contribution < -0.4 is 4.74 Å². The van der Waals surface area contributed by atoms with Crippen LogP contribution in [0.5, 0.6) is 5.75 Å². The van der Waals surface area contributed by atoms with Crippen LogP contribution >= 0.6 is 0 Å². The molecule has 0 saturated carbocycles. The van der Waals surface area contributed by atoms with E-state index in [4.69, 9.17) is 4.74 Å². The molecule has 3 heterocycles. The van der Waals surface area contributed by atoms with Crippen molar-refractivity contribution in [2.75, 3.05) is 7.11 Å². The van der Waals surface area contributed by atoms with E-state index in [1.165, 1.54) is 0 Å². The Morgan fingerprint density at radius 1 is 1.19 bits per heavy atom. The summed E-state index contributed by atoms with van der Waals surface area (Å²) in [5.41, 5.74) is 1.03. The minimum absolute atomic E-state index is 0.219. The van der Waals surface area contributed by atoms with Crippen LogP contribution in [0.3, 0.4) is 0 Å². The summed E-state index contributed by atoms with van der Waals surface area (Å²) in [6.07, 6.45) is 4.32. The molecule has 6 nitrogen and oxygen atoms in total. The lowest BCUT2D eigenvalue weighted by Gasteiger charge is -2.28. The first-order chi connectivity index (χ1) is 13.0. The van der Waals surface area contributed by atoms with Gasteiger partial charge >= 0.3 is 0 Å². The SMILES string of the molecule is COc1ccc(CC(=O)N2[C@@H]3CC[C@H]2Cc2nnc(CC(C)C)n2C3)cc1. The molecule has 0 radical (unpaired) electrons. The fourth-order valence-electron chi connectivity index (χ4n) is 4.43. The topological polar surface area (TPSA) is 60.2 Å². The highest BCUT2D eigenvalue weighted by atomic mass is 16.5. The fraction of sp³-hybridized carbons (Fsp3) is 0.571. The van der Waals surface area contributed by atoms with Gasteiger partial charge in [0.1, 0.15) is 17.4 Å². The molecule has 1 saturated heterocycles. The second-order valence-electron chi connectivity index (χ2n) is 8.16. The number of carbonyl (C=O) groups excluding carboxylic acids is 1. The molecule has 1 aromatic heterocycles. The summed E-state index contributed by atoms with van der Waals surface area (Å²) in [5, 5.41) is 8.87. The third-order valence-corrected chi connectivity index (χ3v) is 5.73. The van der Waals surface area contributed by atoms with Crippen LogP contribution in [0, 0.1) is 5.92 Å². The quantitative estimate of drug-likeness (QED) is 0.814. The number of rotatable bonds is 5. The van der Waals surface area contributed by atoms with E-state index in [1.807, 2.05) is 24.3 Å². The van der Waals surface area contributed by atoms with E-state index in [0.717, 1.165) is 55.2 Å². The molecule has 27 heavy (non-hydrogen) atoms. The van der Waals surface area contributed by atoms with Crippen molar-refractivity contribution in [2.45, 2.75) is 64.6 Å². The second-order valence-corrected chi connectivity index (χ2v) is 8.16. The van der Waals surface area contributed by atoms with E-state index in [1.54, 1.807) is 7.11 Å². The summed E-state index contributed by atoms with van der Waals surface area (Å²) in [5.74, 6) is 3.69. The zero-order chi connectivity index (χ0) is 19.0. The summed E-state index contributed by atoms with van der Waals surface area (Å²) in [4.78, 5) is 15.3. The molecule has 1 fully saturated rings. The smallest absolute Gasteiger partial charge is 0.227 e. The van der Waals surface area contributed by atoms with Crippen molar-refractivity contribution in [3.05, 3.63) is 41.5 Å². The zero-order valence-electron chi connectivity index (χ0n) is 16.4. The molecule has 0 unspecified atom stereocenters. The Morgan fingerprint density at radius 2 is 1.93 bits per heavy atom. The number of hydrogen-bond donors (Lipinski definition) is 0. The molecule has 1 amide bonds. The highest BCUT2D eigenvalue weighted by Gasteiger charge is 2.40. The minimum atomic E-state index is 0.219. The molecule has 2 bridgehead atoms. The van der Waals surface area contributed by atoms with Crippen molar-refractivity contribution >= 4 is 5.91 Å². The Balaban J connectivity index is 1.51. The maximum Gasteiger partial charge on any atom is 0.227 e. The van der Waals surface area contributed by atoms with E-state index < -0.39 is 0 Å². The van der Waals surface area contributed by atoms with E-state index in [-0.39, 0.29) is 18.0 Å². The van der Waals surface area contributed by atoms with Crippen molar-refractivity contribution in [2.24, 2.45) is 5.92 Å². The zero-order valence-corrected chi connectivity index (χ0v) is 16.4. The summed E-state index contributed by atoms with van der Waals surface area (Å²) < 4.78 is 7.48. The van der Waals surface area contributed by atoms with Gasteiger partial charge in [-0.15, -0.1) is 10.2 Å². The van der Waals surface area contributed by atoms with Gasteiger partial charge in [-0.05, 0) is 36.5 Å². The number of nitrogens with zero attached hydrogens (tertiary/aromatic N) is 4. The van der Waals surface area contributed by atoms with Crippen LogP contribution in [0.1, 0.15) is 43.9 Å². The van der Waals surface area contributed by atoms with Gasteiger partial charge in [-0.2, -0.15) is 0 Å². The van der Waals surface area contributed by atoms with Crippen molar-refractivity contribution in [3.63, 3.8) is 0 Å². The summed E-state index contributed by atoms with van der Waals surface area (Å²) in [7, 11) is 1.65. The summed E-state index contributed by atoms with van der Waals surface area (Å²) in [6.45, 7) is 5.24. The van der Waals surface area contributed by atoms with Gasteiger partial charge in [-0.1, -0.05) is 26.0 Å². The number of hydrogen-bond acceptors (Lipinski definition) is 4. The monoisotopic (exact) mass is 368 g/mol. The van der Waals surface area contributed by atoms with Gasteiger partial charge in [0.15, 0.2) is 0 Å². The van der Waals surface area contributed by atoms with E-state index >= 15 is 0 Å². The predicted molar refractivity (Wildman–Crippen MR) is 103 cm³/mol. The predicted octanol–water partition coefficient (Wildman–Crippen LogP) is 2.64. The number of benzene rings is 1. The number of fused-ring (bicyclic) bond motifs is 3. The van der Waals surface area contributed by atoms with Crippen molar-refractivity contribution < 1.29 is 9.53 Å². The van der Waals surface area contributed by atoms with Gasteiger partial charge < -0.3 is 14.2 Å². The van der Waals surface area contributed by atoms with Crippen LogP contribution in [-0.2, 0) is 30.6 Å². The van der Waals surface area contributed by atoms with Crippen LogP contribution in [0.4, 0.5) is 0 Å². The molecule has 144 valence electrons. The number of ether oxygens (including phenoxy) is 1. The summed E-state index contributed by atoms with van der Waals surface area (Å²) >= 11 is 0. The van der Waals surface area contributed by atoms with Crippen LogP contribution in [0.15, 0.2) is 24.3 Å². The van der Waals surface area contributed by atoms with Crippen LogP contribution in [0.25, 0.3) is 0 Å². The highest BCUT2D eigenvalue weighted by Crippen LogP contribution is 2.32. The van der Waals surface area contributed by atoms with Gasteiger partial charge in [0.25, 0.3) is 0 Å². The molecule has 6 heteroatoms. The van der Waals surface area contributed by atoms with E-state index in [2.05, 4.69) is 33.5 Å². The molecule has 2 aliphatic rings. The largest absolute Gasteiger partial charge is 0.497 e. The average Bonchev–Trinajstić information content (AvgIpc) is 3.14. The first kappa shape index (κ1) is 18.0. The lowest BCUT2D eigenvalue weighted by molar-refractivity contribution is -0.133. The molecule has 2 atom stereocenters. The number of amides is 1.